The topological polar surface area (TPSA) is 44.1 Å². The summed E-state index contributed by atoms with van der Waals surface area (Å²) < 4.78 is 6.97. The Morgan fingerprint density at radius 2 is 2.12 bits per heavy atom. The van der Waals surface area contributed by atoms with Crippen molar-refractivity contribution in [2.75, 3.05) is 7.11 Å². The van der Waals surface area contributed by atoms with E-state index in [4.69, 9.17) is 9.72 Å². The summed E-state index contributed by atoms with van der Waals surface area (Å²) in [4.78, 5) is 18.8. The lowest BCUT2D eigenvalue weighted by Gasteiger charge is -2.16. The molecule has 0 amide bonds. The Kier molecular flexibility index (Phi) is 5.25. The van der Waals surface area contributed by atoms with Crippen LogP contribution in [-0.4, -0.2) is 27.2 Å². The fourth-order valence-electron chi connectivity index (χ4n) is 2.60. The molecule has 1 aliphatic heterocycles. The highest BCUT2D eigenvalue weighted by molar-refractivity contribution is 8.00. The smallest absolute Gasteiger partial charge is 0.272 e. The van der Waals surface area contributed by atoms with Crippen LogP contribution in [-0.2, 0) is 6.42 Å². The number of ether oxygens (including phenoxy) is 1. The van der Waals surface area contributed by atoms with E-state index >= 15 is 0 Å². The molecule has 1 aliphatic rings. The van der Waals surface area contributed by atoms with Crippen molar-refractivity contribution < 1.29 is 4.74 Å². The maximum Gasteiger partial charge on any atom is 0.272 e. The van der Waals surface area contributed by atoms with Gasteiger partial charge in [0.05, 0.1) is 23.4 Å². The van der Waals surface area contributed by atoms with Crippen LogP contribution in [0.4, 0.5) is 0 Å². The van der Waals surface area contributed by atoms with Crippen LogP contribution in [0.3, 0.4) is 0 Å². The number of methoxy groups -OCH3 is 1. The number of hydrogen-bond donors (Lipinski definition) is 0. The van der Waals surface area contributed by atoms with Crippen LogP contribution in [0.1, 0.15) is 32.9 Å². The second kappa shape index (κ2) is 7.23. The Morgan fingerprint density at radius 3 is 2.75 bits per heavy atom. The van der Waals surface area contributed by atoms with Crippen molar-refractivity contribution in [3.8, 4) is 11.4 Å². The van der Waals surface area contributed by atoms with E-state index in [1.54, 1.807) is 35.2 Å². The first-order chi connectivity index (χ1) is 11.5. The minimum atomic E-state index is 0.0466. The second-order valence-electron chi connectivity index (χ2n) is 5.98. The zero-order chi connectivity index (χ0) is 17.3. The molecule has 2 atom stereocenters. The molecule has 2 aromatic rings. The number of fused-ring (bicyclic) bond motifs is 1. The van der Waals surface area contributed by atoms with Crippen LogP contribution < -0.4 is 10.3 Å². The van der Waals surface area contributed by atoms with E-state index in [0.29, 0.717) is 10.5 Å². The molecule has 24 heavy (non-hydrogen) atoms. The summed E-state index contributed by atoms with van der Waals surface area (Å²) >= 11 is 3.31. The van der Waals surface area contributed by atoms with Crippen LogP contribution in [0.2, 0.25) is 0 Å². The van der Waals surface area contributed by atoms with E-state index in [2.05, 4.69) is 20.8 Å². The van der Waals surface area contributed by atoms with Crippen molar-refractivity contribution >= 4 is 23.5 Å². The maximum absolute atomic E-state index is 13.1. The van der Waals surface area contributed by atoms with Gasteiger partial charge in [0, 0.05) is 16.9 Å². The molecule has 2 heterocycles. The Hall–Kier alpha value is -1.40. The summed E-state index contributed by atoms with van der Waals surface area (Å²) in [5.74, 6) is 0.778. The van der Waals surface area contributed by atoms with Gasteiger partial charge in [0.25, 0.3) is 5.56 Å². The van der Waals surface area contributed by atoms with Crippen molar-refractivity contribution in [1.29, 1.82) is 0 Å². The van der Waals surface area contributed by atoms with Crippen LogP contribution in [0.5, 0.6) is 5.75 Å². The summed E-state index contributed by atoms with van der Waals surface area (Å²) in [6, 6.07) is 7.58. The second-order valence-corrected chi connectivity index (χ2v) is 8.83. The summed E-state index contributed by atoms with van der Waals surface area (Å²) in [5.41, 5.74) is 1.83. The monoisotopic (exact) mass is 362 g/mol. The SMILES string of the molecule is CC[C@H](C)Sc1nc2c(c(=O)n1-c1ccc(OC)cc1)S[C@@H](C)C2. The lowest BCUT2D eigenvalue weighted by molar-refractivity contribution is 0.414. The first kappa shape index (κ1) is 17.4. The molecule has 0 radical (unpaired) electrons. The third kappa shape index (κ3) is 3.35. The van der Waals surface area contributed by atoms with Gasteiger partial charge in [-0.1, -0.05) is 32.5 Å². The average Bonchev–Trinajstić information content (AvgIpc) is 2.96. The number of benzene rings is 1. The fraction of sp³-hybridized carbons (Fsp3) is 0.444. The molecule has 0 fully saturated rings. The Bertz CT molecular complexity index is 787. The quantitative estimate of drug-likeness (QED) is 0.590. The van der Waals surface area contributed by atoms with Crippen molar-refractivity contribution in [3.05, 3.63) is 40.3 Å². The number of hydrogen-bond acceptors (Lipinski definition) is 5. The largest absolute Gasteiger partial charge is 0.497 e. The maximum atomic E-state index is 13.1. The van der Waals surface area contributed by atoms with E-state index in [-0.39, 0.29) is 5.56 Å². The predicted octanol–water partition coefficient (Wildman–Crippen LogP) is 4.17. The van der Waals surface area contributed by atoms with Gasteiger partial charge in [-0.15, -0.1) is 11.8 Å². The first-order valence-corrected chi connectivity index (χ1v) is 9.93. The molecular weight excluding hydrogens is 340 g/mol. The molecule has 0 saturated carbocycles. The third-order valence-electron chi connectivity index (χ3n) is 4.09. The normalized spacial score (nSPS) is 17.6. The highest BCUT2D eigenvalue weighted by Crippen LogP contribution is 2.35. The van der Waals surface area contributed by atoms with Crippen LogP contribution in [0.25, 0.3) is 5.69 Å². The van der Waals surface area contributed by atoms with Crippen molar-refractivity contribution in [1.82, 2.24) is 9.55 Å². The summed E-state index contributed by atoms with van der Waals surface area (Å²) in [6.45, 7) is 6.46. The van der Waals surface area contributed by atoms with Crippen molar-refractivity contribution in [3.63, 3.8) is 0 Å². The summed E-state index contributed by atoms with van der Waals surface area (Å²) in [7, 11) is 1.64. The molecule has 0 bridgehead atoms. The molecule has 0 unspecified atom stereocenters. The first-order valence-electron chi connectivity index (χ1n) is 8.17. The van der Waals surface area contributed by atoms with Gasteiger partial charge in [0.15, 0.2) is 5.16 Å². The van der Waals surface area contributed by atoms with Gasteiger partial charge in [-0.2, -0.15) is 0 Å². The molecule has 0 spiro atoms. The van der Waals surface area contributed by atoms with Gasteiger partial charge in [0.2, 0.25) is 0 Å². The van der Waals surface area contributed by atoms with Crippen LogP contribution in [0, 0.1) is 0 Å². The van der Waals surface area contributed by atoms with Gasteiger partial charge in [-0.25, -0.2) is 4.98 Å². The van der Waals surface area contributed by atoms with E-state index in [1.807, 2.05) is 24.3 Å². The fourth-order valence-corrected chi connectivity index (χ4v) is 4.69. The Balaban J connectivity index is 2.14. The standard InChI is InChI=1S/C18H22N2O2S2/c1-5-11(2)24-18-19-15-10-12(3)23-16(15)17(21)20(18)13-6-8-14(22-4)9-7-13/h6-9,11-12H,5,10H2,1-4H3/t11-,12-/m0/s1. The lowest BCUT2D eigenvalue weighted by atomic mass is 10.2. The van der Waals surface area contributed by atoms with Crippen molar-refractivity contribution in [2.45, 2.75) is 54.2 Å². The highest BCUT2D eigenvalue weighted by Gasteiger charge is 2.27. The molecule has 0 N–H and O–H groups in total. The number of thioether (sulfide) groups is 2. The van der Waals surface area contributed by atoms with E-state index in [9.17, 15) is 4.79 Å². The van der Waals surface area contributed by atoms with E-state index in [0.717, 1.165) is 40.0 Å². The minimum Gasteiger partial charge on any atom is -0.497 e. The molecule has 0 saturated heterocycles. The van der Waals surface area contributed by atoms with Crippen LogP contribution >= 0.6 is 23.5 Å². The van der Waals surface area contributed by atoms with E-state index < -0.39 is 0 Å². The lowest BCUT2D eigenvalue weighted by Crippen LogP contribution is -2.24. The zero-order valence-corrected chi connectivity index (χ0v) is 16.0. The number of nitrogens with zero attached hydrogens (tertiary/aromatic N) is 2. The van der Waals surface area contributed by atoms with Crippen molar-refractivity contribution in [2.24, 2.45) is 0 Å². The highest BCUT2D eigenvalue weighted by atomic mass is 32.2. The van der Waals surface area contributed by atoms with Gasteiger partial charge in [0.1, 0.15) is 5.75 Å². The molecular formula is C18H22N2O2S2. The number of aromatic nitrogens is 2. The molecule has 1 aromatic carbocycles. The summed E-state index contributed by atoms with van der Waals surface area (Å²) in [5, 5.41) is 1.60. The number of rotatable bonds is 5. The molecule has 3 rings (SSSR count). The molecule has 128 valence electrons. The molecule has 4 nitrogen and oxygen atoms in total. The van der Waals surface area contributed by atoms with Gasteiger partial charge in [-0.05, 0) is 30.7 Å². The predicted molar refractivity (Wildman–Crippen MR) is 101 cm³/mol. The Morgan fingerprint density at radius 1 is 1.42 bits per heavy atom. The van der Waals surface area contributed by atoms with Gasteiger partial charge < -0.3 is 4.74 Å². The minimum absolute atomic E-state index is 0.0466. The van der Waals surface area contributed by atoms with Gasteiger partial charge >= 0.3 is 0 Å². The summed E-state index contributed by atoms with van der Waals surface area (Å²) in [6.07, 6.45) is 1.90. The average molecular weight is 363 g/mol. The molecule has 1 aromatic heterocycles. The molecule has 0 aliphatic carbocycles. The Labute approximate surface area is 151 Å². The zero-order valence-electron chi connectivity index (χ0n) is 14.4. The molecule has 6 heteroatoms. The van der Waals surface area contributed by atoms with Gasteiger partial charge in [-0.3, -0.25) is 9.36 Å². The van der Waals surface area contributed by atoms with E-state index in [1.165, 1.54) is 0 Å². The van der Waals surface area contributed by atoms with Crippen LogP contribution in [0.15, 0.2) is 39.1 Å². The third-order valence-corrected chi connectivity index (χ3v) is 6.53.